The fraction of sp³-hybridized carbons (Fsp3) is 0.529. The Morgan fingerprint density at radius 3 is 2.82 bits per heavy atom. The molecule has 22 heavy (non-hydrogen) atoms. The number of methoxy groups -OCH3 is 1. The molecule has 1 saturated carbocycles. The minimum Gasteiger partial charge on any atom is -0.497 e. The molecule has 0 radical (unpaired) electrons. The van der Waals surface area contributed by atoms with E-state index in [-0.39, 0.29) is 5.91 Å². The van der Waals surface area contributed by atoms with Gasteiger partial charge in [0.25, 0.3) is 0 Å². The second kappa shape index (κ2) is 8.73. The van der Waals surface area contributed by atoms with Crippen LogP contribution in [0.5, 0.6) is 5.75 Å². The van der Waals surface area contributed by atoms with Gasteiger partial charge in [-0.25, -0.2) is 0 Å². The Kier molecular flexibility index (Phi) is 6.65. The zero-order valence-electron chi connectivity index (χ0n) is 13.1. The average Bonchev–Trinajstić information content (AvgIpc) is 2.54. The Hall–Kier alpha value is -1.62. The topological polar surface area (TPSA) is 50.4 Å². The maximum absolute atomic E-state index is 11.9. The largest absolute Gasteiger partial charge is 0.497 e. The van der Waals surface area contributed by atoms with Gasteiger partial charge in [0.2, 0.25) is 5.91 Å². The lowest BCUT2D eigenvalue weighted by Gasteiger charge is -2.21. The molecule has 0 atom stereocenters. The van der Waals surface area contributed by atoms with E-state index in [0.29, 0.717) is 17.5 Å². The smallest absolute Gasteiger partial charge is 0.226 e. The number of benzene rings is 1. The summed E-state index contributed by atoms with van der Waals surface area (Å²) in [6, 6.07) is 7.44. The van der Waals surface area contributed by atoms with Gasteiger partial charge in [0, 0.05) is 18.2 Å². The number of carbonyl (C=O) groups excluding carboxylic acids is 1. The summed E-state index contributed by atoms with van der Waals surface area (Å²) in [5, 5.41) is 6.09. The number of thiocarbonyl (C=S) groups is 1. The summed E-state index contributed by atoms with van der Waals surface area (Å²) >= 11 is 5.18. The predicted molar refractivity (Wildman–Crippen MR) is 93.2 cm³/mol. The molecule has 0 heterocycles. The first-order valence-corrected chi connectivity index (χ1v) is 8.33. The number of anilines is 1. The van der Waals surface area contributed by atoms with Crippen molar-refractivity contribution in [2.45, 2.75) is 44.9 Å². The van der Waals surface area contributed by atoms with E-state index in [2.05, 4.69) is 10.6 Å². The van der Waals surface area contributed by atoms with Crippen LogP contribution in [0.15, 0.2) is 24.3 Å². The molecule has 0 spiro atoms. The van der Waals surface area contributed by atoms with Gasteiger partial charge < -0.3 is 15.4 Å². The van der Waals surface area contributed by atoms with Gasteiger partial charge in [0.05, 0.1) is 7.11 Å². The molecule has 2 N–H and O–H groups in total. The van der Waals surface area contributed by atoms with E-state index < -0.39 is 0 Å². The van der Waals surface area contributed by atoms with Gasteiger partial charge in [-0.15, -0.1) is 0 Å². The van der Waals surface area contributed by atoms with Crippen molar-refractivity contribution in [2.75, 3.05) is 12.4 Å². The quantitative estimate of drug-likeness (QED) is 0.809. The zero-order valence-corrected chi connectivity index (χ0v) is 13.9. The number of hydrogen-bond acceptors (Lipinski definition) is 3. The lowest BCUT2D eigenvalue weighted by atomic mass is 9.86. The second-order valence-electron chi connectivity index (χ2n) is 5.78. The molecule has 0 bridgehead atoms. The van der Waals surface area contributed by atoms with Crippen molar-refractivity contribution in [1.29, 1.82) is 0 Å². The molecule has 120 valence electrons. The standard InChI is InChI=1S/C17H24N2O2S/c1-21-15-9-5-8-14(12-15)18-17(22)19-16(20)11-10-13-6-3-2-4-7-13/h5,8-9,12-13H,2-4,6-7,10-11H2,1H3,(H2,18,19,20,22). The summed E-state index contributed by atoms with van der Waals surface area (Å²) in [5.41, 5.74) is 0.803. The maximum atomic E-state index is 11.9. The molecule has 1 aromatic rings. The monoisotopic (exact) mass is 320 g/mol. The Labute approximate surface area is 137 Å². The van der Waals surface area contributed by atoms with Gasteiger partial charge in [-0.3, -0.25) is 4.79 Å². The van der Waals surface area contributed by atoms with Crippen molar-refractivity contribution >= 4 is 28.9 Å². The molecular weight excluding hydrogens is 296 g/mol. The highest BCUT2D eigenvalue weighted by Gasteiger charge is 2.15. The van der Waals surface area contributed by atoms with Crippen LogP contribution in [0.3, 0.4) is 0 Å². The predicted octanol–water partition coefficient (Wildman–Crippen LogP) is 3.87. The molecule has 2 rings (SSSR count). The van der Waals surface area contributed by atoms with Crippen LogP contribution >= 0.6 is 12.2 Å². The van der Waals surface area contributed by atoms with E-state index in [4.69, 9.17) is 17.0 Å². The summed E-state index contributed by atoms with van der Waals surface area (Å²) in [6.45, 7) is 0. The minimum absolute atomic E-state index is 0.00836. The Balaban J connectivity index is 1.72. The van der Waals surface area contributed by atoms with Crippen LogP contribution < -0.4 is 15.4 Å². The van der Waals surface area contributed by atoms with Crippen molar-refractivity contribution in [3.8, 4) is 5.75 Å². The average molecular weight is 320 g/mol. The Morgan fingerprint density at radius 1 is 1.32 bits per heavy atom. The van der Waals surface area contributed by atoms with E-state index >= 15 is 0 Å². The van der Waals surface area contributed by atoms with E-state index in [1.165, 1.54) is 32.1 Å². The number of nitrogens with one attached hydrogen (secondary N) is 2. The molecule has 1 aliphatic carbocycles. The summed E-state index contributed by atoms with van der Waals surface area (Å²) < 4.78 is 5.15. The van der Waals surface area contributed by atoms with Crippen molar-refractivity contribution in [2.24, 2.45) is 5.92 Å². The van der Waals surface area contributed by atoms with Gasteiger partial charge in [-0.2, -0.15) is 0 Å². The van der Waals surface area contributed by atoms with Crippen molar-refractivity contribution in [1.82, 2.24) is 5.32 Å². The Bertz CT molecular complexity index is 513. The lowest BCUT2D eigenvalue weighted by Crippen LogP contribution is -2.34. The van der Waals surface area contributed by atoms with E-state index in [1.54, 1.807) is 7.11 Å². The molecule has 1 fully saturated rings. The van der Waals surface area contributed by atoms with E-state index in [0.717, 1.165) is 17.9 Å². The normalized spacial score (nSPS) is 15.1. The molecule has 0 saturated heterocycles. The van der Waals surface area contributed by atoms with Crippen molar-refractivity contribution < 1.29 is 9.53 Å². The first-order valence-electron chi connectivity index (χ1n) is 7.92. The van der Waals surface area contributed by atoms with Crippen LogP contribution in [0.25, 0.3) is 0 Å². The zero-order chi connectivity index (χ0) is 15.8. The van der Waals surface area contributed by atoms with Crippen LogP contribution in [0.1, 0.15) is 44.9 Å². The summed E-state index contributed by atoms with van der Waals surface area (Å²) in [5.74, 6) is 1.45. The SMILES string of the molecule is COc1cccc(NC(=S)NC(=O)CCC2CCCCC2)c1. The fourth-order valence-electron chi connectivity index (χ4n) is 2.86. The van der Waals surface area contributed by atoms with Gasteiger partial charge in [-0.05, 0) is 36.7 Å². The van der Waals surface area contributed by atoms with Gasteiger partial charge >= 0.3 is 0 Å². The first kappa shape index (κ1) is 16.7. The number of carbonyl (C=O) groups is 1. The van der Waals surface area contributed by atoms with Crippen LogP contribution in [0, 0.1) is 5.92 Å². The third kappa shape index (κ3) is 5.64. The van der Waals surface area contributed by atoms with Crippen LogP contribution in [-0.4, -0.2) is 18.1 Å². The van der Waals surface area contributed by atoms with Gasteiger partial charge in [0.15, 0.2) is 5.11 Å². The van der Waals surface area contributed by atoms with Gasteiger partial charge in [0.1, 0.15) is 5.75 Å². The highest BCUT2D eigenvalue weighted by molar-refractivity contribution is 7.80. The molecule has 0 aliphatic heterocycles. The summed E-state index contributed by atoms with van der Waals surface area (Å²) in [7, 11) is 1.62. The number of rotatable bonds is 5. The molecule has 0 unspecified atom stereocenters. The molecule has 5 heteroatoms. The van der Waals surface area contributed by atoms with Crippen LogP contribution in [0.4, 0.5) is 5.69 Å². The molecule has 1 amide bonds. The lowest BCUT2D eigenvalue weighted by molar-refractivity contribution is -0.120. The van der Waals surface area contributed by atoms with Crippen molar-refractivity contribution in [3.63, 3.8) is 0 Å². The molecule has 4 nitrogen and oxygen atoms in total. The van der Waals surface area contributed by atoms with Crippen molar-refractivity contribution in [3.05, 3.63) is 24.3 Å². The molecule has 0 aromatic heterocycles. The number of hydrogen-bond donors (Lipinski definition) is 2. The number of amides is 1. The first-order chi connectivity index (χ1) is 10.7. The highest BCUT2D eigenvalue weighted by Crippen LogP contribution is 2.27. The van der Waals surface area contributed by atoms with Gasteiger partial charge in [-0.1, -0.05) is 38.2 Å². The minimum atomic E-state index is -0.00836. The number of ether oxygens (including phenoxy) is 1. The fourth-order valence-corrected chi connectivity index (χ4v) is 3.10. The molecule has 1 aromatic carbocycles. The third-order valence-corrected chi connectivity index (χ3v) is 4.29. The van der Waals surface area contributed by atoms with E-state index in [1.807, 2.05) is 24.3 Å². The molecular formula is C17H24N2O2S. The second-order valence-corrected chi connectivity index (χ2v) is 6.19. The Morgan fingerprint density at radius 2 is 2.09 bits per heavy atom. The summed E-state index contributed by atoms with van der Waals surface area (Å²) in [6.07, 6.45) is 8.00. The molecule has 1 aliphatic rings. The highest BCUT2D eigenvalue weighted by atomic mass is 32.1. The van der Waals surface area contributed by atoms with Crippen LogP contribution in [0.2, 0.25) is 0 Å². The third-order valence-electron chi connectivity index (χ3n) is 4.08. The summed E-state index contributed by atoms with van der Waals surface area (Å²) in [4.78, 5) is 11.9. The van der Waals surface area contributed by atoms with Crippen LogP contribution in [-0.2, 0) is 4.79 Å². The maximum Gasteiger partial charge on any atom is 0.226 e. The van der Waals surface area contributed by atoms with E-state index in [9.17, 15) is 4.79 Å².